The molecule has 4 rings (SSSR count). The first-order valence-corrected chi connectivity index (χ1v) is 10.4. The van der Waals surface area contributed by atoms with E-state index in [0.717, 1.165) is 54.9 Å². The van der Waals surface area contributed by atoms with Gasteiger partial charge in [-0.05, 0) is 37.8 Å². The Labute approximate surface area is 148 Å². The summed E-state index contributed by atoms with van der Waals surface area (Å²) in [7, 11) is 2.26. The molecule has 1 aromatic heterocycles. The Kier molecular flexibility index (Phi) is 4.97. The lowest BCUT2D eigenvalue weighted by atomic mass is 9.96. The Balaban J connectivity index is 1.31. The topological polar surface area (TPSA) is 41.4 Å². The molecule has 1 unspecified atom stereocenters. The highest BCUT2D eigenvalue weighted by Gasteiger charge is 2.31. The van der Waals surface area contributed by atoms with Gasteiger partial charge in [-0.25, -0.2) is 4.68 Å². The molecule has 6 heteroatoms. The third kappa shape index (κ3) is 3.55. The number of aromatic nitrogens is 2. The first-order chi connectivity index (χ1) is 11.7. The highest BCUT2D eigenvalue weighted by atomic mass is 32.2. The molecule has 0 aliphatic carbocycles. The number of aryl methyl sites for hydroxylation is 1. The van der Waals surface area contributed by atoms with Crippen LogP contribution in [0.2, 0.25) is 0 Å². The number of fused-ring (bicyclic) bond motifs is 1. The van der Waals surface area contributed by atoms with Crippen molar-refractivity contribution >= 4 is 11.8 Å². The van der Waals surface area contributed by atoms with Gasteiger partial charge in [-0.1, -0.05) is 6.42 Å². The van der Waals surface area contributed by atoms with Crippen LogP contribution in [0.4, 0.5) is 0 Å². The van der Waals surface area contributed by atoms with Gasteiger partial charge in [-0.3, -0.25) is 4.79 Å². The normalized spacial score (nSPS) is 26.1. The summed E-state index contributed by atoms with van der Waals surface area (Å²) in [6.45, 7) is 5.46. The van der Waals surface area contributed by atoms with E-state index in [9.17, 15) is 4.79 Å². The van der Waals surface area contributed by atoms with E-state index in [0.29, 0.717) is 5.92 Å². The second kappa shape index (κ2) is 7.18. The van der Waals surface area contributed by atoms with Crippen LogP contribution < -0.4 is 5.56 Å². The first-order valence-electron chi connectivity index (χ1n) is 9.29. The maximum absolute atomic E-state index is 12.3. The molecule has 0 bridgehead atoms. The molecule has 0 aromatic carbocycles. The monoisotopic (exact) mass is 348 g/mol. The second-order valence-electron chi connectivity index (χ2n) is 7.65. The summed E-state index contributed by atoms with van der Waals surface area (Å²) in [6, 6.07) is 2.55. The van der Waals surface area contributed by atoms with Crippen molar-refractivity contribution in [2.24, 2.45) is 5.92 Å². The maximum Gasteiger partial charge on any atom is 0.267 e. The van der Waals surface area contributed by atoms with Gasteiger partial charge in [0, 0.05) is 49.8 Å². The van der Waals surface area contributed by atoms with Crippen molar-refractivity contribution in [1.82, 2.24) is 19.6 Å². The van der Waals surface area contributed by atoms with Gasteiger partial charge in [0.15, 0.2) is 0 Å². The third-order valence-electron chi connectivity index (χ3n) is 5.76. The molecule has 2 saturated heterocycles. The van der Waals surface area contributed by atoms with Crippen LogP contribution in [0, 0.1) is 5.92 Å². The SMILES string of the molecule is CN1CCCCC1CN1CC(Cn2nc3c(cc2=O)CSCC3)C1. The fourth-order valence-electron chi connectivity index (χ4n) is 4.24. The van der Waals surface area contributed by atoms with Crippen LogP contribution in [-0.4, -0.2) is 64.6 Å². The number of thioether (sulfide) groups is 1. The van der Waals surface area contributed by atoms with Gasteiger partial charge in [0.2, 0.25) is 0 Å². The average Bonchev–Trinajstić information content (AvgIpc) is 2.55. The summed E-state index contributed by atoms with van der Waals surface area (Å²) < 4.78 is 1.73. The zero-order chi connectivity index (χ0) is 16.5. The van der Waals surface area contributed by atoms with E-state index in [1.165, 1.54) is 32.4 Å². The minimum Gasteiger partial charge on any atom is -0.302 e. The molecule has 3 aliphatic heterocycles. The van der Waals surface area contributed by atoms with Crippen LogP contribution in [0.25, 0.3) is 0 Å². The molecule has 2 fully saturated rings. The maximum atomic E-state index is 12.3. The minimum absolute atomic E-state index is 0.0849. The van der Waals surface area contributed by atoms with E-state index >= 15 is 0 Å². The number of likely N-dealkylation sites (tertiary alicyclic amines) is 2. The molecule has 24 heavy (non-hydrogen) atoms. The Morgan fingerprint density at radius 1 is 1.29 bits per heavy atom. The molecule has 4 heterocycles. The van der Waals surface area contributed by atoms with Crippen molar-refractivity contribution in [3.63, 3.8) is 0 Å². The first kappa shape index (κ1) is 16.6. The molecule has 0 amide bonds. The van der Waals surface area contributed by atoms with Crippen molar-refractivity contribution in [2.45, 2.75) is 44.0 Å². The number of nitrogens with zero attached hydrogens (tertiary/aromatic N) is 4. The number of rotatable bonds is 4. The fourth-order valence-corrected chi connectivity index (χ4v) is 5.19. The van der Waals surface area contributed by atoms with Crippen molar-refractivity contribution < 1.29 is 0 Å². The molecule has 1 aromatic rings. The third-order valence-corrected chi connectivity index (χ3v) is 6.77. The van der Waals surface area contributed by atoms with E-state index in [1.54, 1.807) is 4.68 Å². The summed E-state index contributed by atoms with van der Waals surface area (Å²) in [6.07, 6.45) is 5.06. The molecule has 132 valence electrons. The van der Waals surface area contributed by atoms with Crippen LogP contribution in [0.1, 0.15) is 30.5 Å². The van der Waals surface area contributed by atoms with Crippen LogP contribution in [0.15, 0.2) is 10.9 Å². The minimum atomic E-state index is 0.0849. The molecule has 1 atom stereocenters. The van der Waals surface area contributed by atoms with Gasteiger partial charge in [-0.15, -0.1) is 0 Å². The lowest BCUT2D eigenvalue weighted by Crippen LogP contribution is -2.54. The van der Waals surface area contributed by atoms with Crippen molar-refractivity contribution in [1.29, 1.82) is 0 Å². The van der Waals surface area contributed by atoms with Crippen LogP contribution >= 0.6 is 11.8 Å². The smallest absolute Gasteiger partial charge is 0.267 e. The summed E-state index contributed by atoms with van der Waals surface area (Å²) in [5.74, 6) is 2.66. The van der Waals surface area contributed by atoms with E-state index in [-0.39, 0.29) is 5.56 Å². The van der Waals surface area contributed by atoms with E-state index in [2.05, 4.69) is 21.9 Å². The summed E-state index contributed by atoms with van der Waals surface area (Å²) in [5.41, 5.74) is 2.39. The molecular weight excluding hydrogens is 320 g/mol. The molecule has 5 nitrogen and oxygen atoms in total. The van der Waals surface area contributed by atoms with Crippen LogP contribution in [0.3, 0.4) is 0 Å². The molecular formula is C18H28N4OS. The summed E-state index contributed by atoms with van der Waals surface area (Å²) >= 11 is 1.90. The lowest BCUT2D eigenvalue weighted by molar-refractivity contribution is 0.0426. The Morgan fingerprint density at radius 3 is 3.00 bits per heavy atom. The largest absolute Gasteiger partial charge is 0.302 e. The van der Waals surface area contributed by atoms with Crippen molar-refractivity contribution in [3.05, 3.63) is 27.7 Å². The lowest BCUT2D eigenvalue weighted by Gasteiger charge is -2.44. The van der Waals surface area contributed by atoms with E-state index in [1.807, 2.05) is 17.8 Å². The van der Waals surface area contributed by atoms with E-state index < -0.39 is 0 Å². The Bertz CT molecular complexity index is 640. The predicted octanol–water partition coefficient (Wildman–Crippen LogP) is 1.45. The van der Waals surface area contributed by atoms with Crippen LogP contribution in [0.5, 0.6) is 0 Å². The highest BCUT2D eigenvalue weighted by molar-refractivity contribution is 7.98. The average molecular weight is 349 g/mol. The Hall–Kier alpha value is -0.850. The molecule has 3 aliphatic rings. The highest BCUT2D eigenvalue weighted by Crippen LogP contribution is 2.23. The standard InChI is InChI=1S/C18H28N4OS/c1-20-6-3-2-4-16(20)12-21-9-14(10-21)11-22-18(23)8-15-13-24-7-5-17(15)19-22/h8,14,16H,2-7,9-13H2,1H3. The van der Waals surface area contributed by atoms with Gasteiger partial charge in [0.05, 0.1) is 12.2 Å². The summed E-state index contributed by atoms with van der Waals surface area (Å²) in [4.78, 5) is 17.4. The molecule has 0 N–H and O–H groups in total. The molecule has 0 radical (unpaired) electrons. The van der Waals surface area contributed by atoms with Gasteiger partial charge < -0.3 is 9.80 Å². The Morgan fingerprint density at radius 2 is 2.17 bits per heavy atom. The quantitative estimate of drug-likeness (QED) is 0.824. The molecule has 0 saturated carbocycles. The number of hydrogen-bond acceptors (Lipinski definition) is 5. The number of piperidine rings is 1. The fraction of sp³-hybridized carbons (Fsp3) is 0.778. The van der Waals surface area contributed by atoms with E-state index in [4.69, 9.17) is 0 Å². The van der Waals surface area contributed by atoms with Gasteiger partial charge >= 0.3 is 0 Å². The van der Waals surface area contributed by atoms with Gasteiger partial charge in [0.25, 0.3) is 5.56 Å². The van der Waals surface area contributed by atoms with Crippen molar-refractivity contribution in [3.8, 4) is 0 Å². The number of likely N-dealkylation sites (N-methyl/N-ethyl adjacent to an activating group) is 1. The van der Waals surface area contributed by atoms with Gasteiger partial charge in [-0.2, -0.15) is 16.9 Å². The second-order valence-corrected chi connectivity index (χ2v) is 8.76. The zero-order valence-corrected chi connectivity index (χ0v) is 15.4. The van der Waals surface area contributed by atoms with Gasteiger partial charge in [0.1, 0.15) is 0 Å². The predicted molar refractivity (Wildman–Crippen MR) is 98.6 cm³/mol. The molecule has 0 spiro atoms. The number of hydrogen-bond donors (Lipinski definition) is 0. The zero-order valence-electron chi connectivity index (χ0n) is 14.6. The van der Waals surface area contributed by atoms with Crippen LogP contribution in [-0.2, 0) is 18.7 Å². The summed E-state index contributed by atoms with van der Waals surface area (Å²) in [5, 5.41) is 4.65. The van der Waals surface area contributed by atoms with Crippen molar-refractivity contribution in [2.75, 3.05) is 39.0 Å².